The average molecular weight is 748 g/mol. The molecule has 4 nitrogen and oxygen atoms in total. The number of benzene rings is 2. The molecule has 2 aromatic carbocycles. The smallest absolute Gasteiger partial charge is 0.352 e. The van der Waals surface area contributed by atoms with E-state index in [1.54, 1.807) is 15.0 Å². The number of rotatable bonds is 8. The van der Waals surface area contributed by atoms with Gasteiger partial charge in [0.25, 0.3) is 11.8 Å². The molecule has 192 valence electrons. The summed E-state index contributed by atoms with van der Waals surface area (Å²) in [6.45, 7) is 1.17. The van der Waals surface area contributed by atoms with Gasteiger partial charge in [-0.2, -0.15) is 26.3 Å². The molecule has 0 atom stereocenters. The molecule has 35 heavy (non-hydrogen) atoms. The highest BCUT2D eigenvalue weighted by Crippen LogP contribution is 2.54. The molecule has 2 aromatic rings. The van der Waals surface area contributed by atoms with Gasteiger partial charge in [0.1, 0.15) is 0 Å². The molecule has 0 saturated carbocycles. The van der Waals surface area contributed by atoms with Gasteiger partial charge < -0.3 is 10.6 Å². The number of amides is 2. The fourth-order valence-corrected chi connectivity index (χ4v) is 5.09. The highest BCUT2D eigenvalue weighted by molar-refractivity contribution is 14.2. The van der Waals surface area contributed by atoms with Gasteiger partial charge in [-0.25, -0.2) is 4.39 Å². The SMILES string of the molecule is Cc1c(NC(=O)c2cccc(I)c2C(=O)NCCCSI)cccc1C(F)(C(F)(F)F)C(F)(F)F. The first-order valence-electron chi connectivity index (χ1n) is 9.70. The molecule has 2 amide bonds. The Balaban J connectivity index is 2.44. The second kappa shape index (κ2) is 11.8. The van der Waals surface area contributed by atoms with Crippen LogP contribution in [0.5, 0.6) is 0 Å². The van der Waals surface area contributed by atoms with Gasteiger partial charge in [0.05, 0.1) is 11.1 Å². The summed E-state index contributed by atoms with van der Waals surface area (Å²) in [6.07, 6.45) is -11.9. The summed E-state index contributed by atoms with van der Waals surface area (Å²) in [6, 6.07) is 6.49. The van der Waals surface area contributed by atoms with Crippen molar-refractivity contribution in [3.05, 3.63) is 62.2 Å². The van der Waals surface area contributed by atoms with Crippen molar-refractivity contribution >= 4 is 70.2 Å². The largest absolute Gasteiger partial charge is 0.435 e. The van der Waals surface area contributed by atoms with E-state index >= 15 is 0 Å². The zero-order chi connectivity index (χ0) is 26.6. The van der Waals surface area contributed by atoms with Gasteiger partial charge in [0, 0.05) is 27.1 Å². The van der Waals surface area contributed by atoms with Gasteiger partial charge in [-0.05, 0) is 80.9 Å². The van der Waals surface area contributed by atoms with Crippen LogP contribution in [0.25, 0.3) is 0 Å². The Hall–Kier alpha value is -1.30. The molecule has 0 unspecified atom stereocenters. The minimum atomic E-state index is -6.30. The van der Waals surface area contributed by atoms with Gasteiger partial charge in [0.15, 0.2) is 0 Å². The summed E-state index contributed by atoms with van der Waals surface area (Å²) in [5.74, 6) is -0.747. The Morgan fingerprint density at radius 2 is 1.54 bits per heavy atom. The fraction of sp³-hybridized carbons (Fsp3) is 0.333. The highest BCUT2D eigenvalue weighted by atomic mass is 127. The first kappa shape index (κ1) is 29.9. The topological polar surface area (TPSA) is 58.2 Å². The van der Waals surface area contributed by atoms with Crippen LogP contribution in [-0.2, 0) is 5.67 Å². The van der Waals surface area contributed by atoms with Crippen LogP contribution in [-0.4, -0.2) is 36.5 Å². The molecule has 0 aliphatic carbocycles. The first-order chi connectivity index (χ1) is 16.2. The summed E-state index contributed by atoms with van der Waals surface area (Å²) in [7, 11) is 1.55. The maximum atomic E-state index is 14.6. The predicted octanol–water partition coefficient (Wildman–Crippen LogP) is 7.34. The van der Waals surface area contributed by atoms with Crippen LogP contribution in [0.3, 0.4) is 0 Å². The van der Waals surface area contributed by atoms with E-state index in [0.717, 1.165) is 24.8 Å². The molecule has 0 bridgehead atoms. The van der Waals surface area contributed by atoms with Gasteiger partial charge in [-0.1, -0.05) is 27.1 Å². The zero-order valence-corrected chi connectivity index (χ0v) is 22.8. The quantitative estimate of drug-likeness (QED) is 0.169. The number of hydrogen-bond donors (Lipinski definition) is 2. The van der Waals surface area contributed by atoms with Crippen LogP contribution in [0.1, 0.15) is 38.3 Å². The van der Waals surface area contributed by atoms with Crippen LogP contribution >= 0.6 is 52.7 Å². The summed E-state index contributed by atoms with van der Waals surface area (Å²) in [4.78, 5) is 25.6. The van der Waals surface area contributed by atoms with E-state index in [1.165, 1.54) is 12.1 Å². The van der Waals surface area contributed by atoms with E-state index in [0.29, 0.717) is 22.6 Å². The Bertz CT molecular complexity index is 1080. The first-order valence-corrected chi connectivity index (χ1v) is 14.3. The number of nitrogens with one attached hydrogen (secondary N) is 2. The van der Waals surface area contributed by atoms with Gasteiger partial charge in [-0.15, -0.1) is 0 Å². The van der Waals surface area contributed by atoms with E-state index < -0.39 is 46.7 Å². The van der Waals surface area contributed by atoms with Gasteiger partial charge in [0.2, 0.25) is 0 Å². The second-order valence-electron chi connectivity index (χ2n) is 7.17. The number of halogens is 9. The van der Waals surface area contributed by atoms with Crippen LogP contribution in [0.4, 0.5) is 36.4 Å². The molecule has 0 fully saturated rings. The second-order valence-corrected chi connectivity index (χ2v) is 10.8. The predicted molar refractivity (Wildman–Crippen MR) is 137 cm³/mol. The lowest BCUT2D eigenvalue weighted by atomic mass is 9.89. The van der Waals surface area contributed by atoms with E-state index in [9.17, 15) is 40.3 Å². The molecule has 0 spiro atoms. The maximum absolute atomic E-state index is 14.6. The van der Waals surface area contributed by atoms with Crippen molar-refractivity contribution in [2.24, 2.45) is 0 Å². The highest BCUT2D eigenvalue weighted by Gasteiger charge is 2.74. The van der Waals surface area contributed by atoms with E-state index in [-0.39, 0.29) is 11.1 Å². The van der Waals surface area contributed by atoms with Crippen molar-refractivity contribution < 1.29 is 40.3 Å². The van der Waals surface area contributed by atoms with Crippen molar-refractivity contribution in [3.8, 4) is 0 Å². The average Bonchev–Trinajstić information content (AvgIpc) is 2.75. The maximum Gasteiger partial charge on any atom is 0.435 e. The minimum Gasteiger partial charge on any atom is -0.352 e. The lowest BCUT2D eigenvalue weighted by Crippen LogP contribution is -2.50. The monoisotopic (exact) mass is 748 g/mol. The minimum absolute atomic E-state index is 0.00745. The number of hydrogen-bond acceptors (Lipinski definition) is 3. The summed E-state index contributed by atoms with van der Waals surface area (Å²) in [5.41, 5.74) is -8.72. The lowest BCUT2D eigenvalue weighted by Gasteiger charge is -2.32. The molecule has 0 aliphatic rings. The molecule has 2 rings (SSSR count). The van der Waals surface area contributed by atoms with Crippen molar-refractivity contribution in [1.29, 1.82) is 0 Å². The van der Waals surface area contributed by atoms with E-state index in [4.69, 9.17) is 0 Å². The molecule has 2 N–H and O–H groups in total. The Labute approximate surface area is 225 Å². The zero-order valence-electron chi connectivity index (χ0n) is 17.7. The van der Waals surface area contributed by atoms with Crippen molar-refractivity contribution in [3.63, 3.8) is 0 Å². The molecule has 0 aliphatic heterocycles. The van der Waals surface area contributed by atoms with Crippen LogP contribution < -0.4 is 10.6 Å². The van der Waals surface area contributed by atoms with E-state index in [1.807, 2.05) is 22.6 Å². The molecular formula is C21H17F7I2N2O2S. The normalized spacial score (nSPS) is 12.4. The summed E-state index contributed by atoms with van der Waals surface area (Å²) in [5, 5.41) is 4.88. The van der Waals surface area contributed by atoms with Gasteiger partial charge in [-0.3, -0.25) is 9.59 Å². The van der Waals surface area contributed by atoms with E-state index in [2.05, 4.69) is 31.8 Å². The molecule has 14 heteroatoms. The van der Waals surface area contributed by atoms with Crippen molar-refractivity contribution in [2.75, 3.05) is 17.6 Å². The Morgan fingerprint density at radius 3 is 2.11 bits per heavy atom. The summed E-state index contributed by atoms with van der Waals surface area (Å²) >= 11 is 3.93. The van der Waals surface area contributed by atoms with Crippen LogP contribution in [0.15, 0.2) is 36.4 Å². The number of alkyl halides is 7. The lowest BCUT2D eigenvalue weighted by molar-refractivity contribution is -0.348. The molecule has 0 aromatic heterocycles. The van der Waals surface area contributed by atoms with Crippen molar-refractivity contribution in [2.45, 2.75) is 31.4 Å². The van der Waals surface area contributed by atoms with Gasteiger partial charge >= 0.3 is 18.0 Å². The van der Waals surface area contributed by atoms with Crippen LogP contribution in [0.2, 0.25) is 0 Å². The third-order valence-electron chi connectivity index (χ3n) is 4.90. The molecule has 0 radical (unpaired) electrons. The molecule has 0 heterocycles. The van der Waals surface area contributed by atoms with Crippen LogP contribution in [0, 0.1) is 10.5 Å². The molecular weight excluding hydrogens is 731 g/mol. The molecule has 0 saturated heterocycles. The third kappa shape index (κ3) is 6.53. The number of carbonyl (C=O) groups excluding carboxylic acids is 2. The number of carbonyl (C=O) groups is 2. The number of anilines is 1. The van der Waals surface area contributed by atoms with Crippen molar-refractivity contribution in [1.82, 2.24) is 5.32 Å². The standard InChI is InChI=1S/C21H17F7I2N2O2S/c1-11-13(19(22,20(23,24)25)21(26,27)28)6-3-8-15(11)32-17(33)12-5-2-7-14(29)16(12)18(34)31-9-4-10-35-30/h2-3,5-8H,4,9-10H2,1H3,(H,31,34)(H,32,33). The Kier molecular flexibility index (Phi) is 10.1. The third-order valence-corrected chi connectivity index (χ3v) is 7.57. The fourth-order valence-electron chi connectivity index (χ4n) is 3.16. The Morgan fingerprint density at radius 1 is 0.943 bits per heavy atom. The summed E-state index contributed by atoms with van der Waals surface area (Å²) < 4.78 is 94.4.